The number of esters is 1. The number of methoxy groups -OCH3 is 2. The zero-order valence-electron chi connectivity index (χ0n) is 13.9. The van der Waals surface area contributed by atoms with Crippen molar-refractivity contribution in [3.05, 3.63) is 29.8 Å². The van der Waals surface area contributed by atoms with E-state index in [4.69, 9.17) is 4.74 Å². The van der Waals surface area contributed by atoms with Crippen molar-refractivity contribution in [3.8, 4) is 0 Å². The van der Waals surface area contributed by atoms with Gasteiger partial charge < -0.3 is 20.1 Å². The third-order valence-electron chi connectivity index (χ3n) is 3.97. The number of rotatable bonds is 8. The zero-order valence-corrected chi connectivity index (χ0v) is 13.9. The summed E-state index contributed by atoms with van der Waals surface area (Å²) in [6.45, 7) is 1.03. The Kier molecular flexibility index (Phi) is 5.92. The summed E-state index contributed by atoms with van der Waals surface area (Å²) in [5, 5.41) is 5.49. The summed E-state index contributed by atoms with van der Waals surface area (Å²) < 4.78 is 9.57. The van der Waals surface area contributed by atoms with E-state index in [2.05, 4.69) is 15.4 Å². The first-order valence-electron chi connectivity index (χ1n) is 7.80. The van der Waals surface area contributed by atoms with Gasteiger partial charge in [0.1, 0.15) is 5.41 Å². The highest BCUT2D eigenvalue weighted by molar-refractivity contribution is 6.13. The number of carbonyl (C=O) groups is 3. The first-order chi connectivity index (χ1) is 11.5. The number of benzene rings is 1. The molecule has 1 saturated carbocycles. The molecule has 2 rings (SSSR count). The quantitative estimate of drug-likeness (QED) is 0.425. The highest BCUT2D eigenvalue weighted by atomic mass is 16.5. The third kappa shape index (κ3) is 4.11. The molecule has 0 saturated heterocycles. The van der Waals surface area contributed by atoms with Crippen LogP contribution >= 0.6 is 0 Å². The van der Waals surface area contributed by atoms with Gasteiger partial charge in [-0.2, -0.15) is 0 Å². The van der Waals surface area contributed by atoms with Crippen LogP contribution < -0.4 is 10.6 Å². The molecule has 0 radical (unpaired) electrons. The Morgan fingerprint density at radius 3 is 2.54 bits per heavy atom. The lowest BCUT2D eigenvalue weighted by molar-refractivity contribution is -0.134. The monoisotopic (exact) mass is 334 g/mol. The molecular weight excluding hydrogens is 312 g/mol. The van der Waals surface area contributed by atoms with Crippen LogP contribution in [0.4, 0.5) is 5.69 Å². The van der Waals surface area contributed by atoms with Gasteiger partial charge in [0.2, 0.25) is 11.8 Å². The molecule has 1 aromatic carbocycles. The van der Waals surface area contributed by atoms with Crippen LogP contribution in [0.5, 0.6) is 0 Å². The van der Waals surface area contributed by atoms with Crippen LogP contribution in [0.15, 0.2) is 24.3 Å². The number of amides is 2. The van der Waals surface area contributed by atoms with Crippen molar-refractivity contribution in [1.82, 2.24) is 5.32 Å². The van der Waals surface area contributed by atoms with Gasteiger partial charge in [0.25, 0.3) is 0 Å². The number of carbonyl (C=O) groups excluding carboxylic acids is 3. The molecule has 0 aliphatic heterocycles. The van der Waals surface area contributed by atoms with Crippen LogP contribution in [0.3, 0.4) is 0 Å². The van der Waals surface area contributed by atoms with Gasteiger partial charge in [-0.25, -0.2) is 4.79 Å². The van der Waals surface area contributed by atoms with Crippen LogP contribution in [0.2, 0.25) is 0 Å². The molecular formula is C17H22N2O5. The molecule has 7 nitrogen and oxygen atoms in total. The van der Waals surface area contributed by atoms with E-state index in [0.29, 0.717) is 43.7 Å². The van der Waals surface area contributed by atoms with Gasteiger partial charge in [-0.15, -0.1) is 0 Å². The number of anilines is 1. The average molecular weight is 334 g/mol. The van der Waals surface area contributed by atoms with E-state index < -0.39 is 11.4 Å². The average Bonchev–Trinajstić information content (AvgIpc) is 3.40. The Morgan fingerprint density at radius 2 is 1.92 bits per heavy atom. The van der Waals surface area contributed by atoms with E-state index in [1.165, 1.54) is 13.2 Å². The van der Waals surface area contributed by atoms with E-state index in [-0.39, 0.29) is 11.8 Å². The van der Waals surface area contributed by atoms with Crippen molar-refractivity contribution in [2.75, 3.05) is 32.7 Å². The van der Waals surface area contributed by atoms with Crippen molar-refractivity contribution in [2.24, 2.45) is 5.41 Å². The highest BCUT2D eigenvalue weighted by Crippen LogP contribution is 2.46. The van der Waals surface area contributed by atoms with Gasteiger partial charge in [0, 0.05) is 25.9 Å². The predicted molar refractivity (Wildman–Crippen MR) is 87.6 cm³/mol. The van der Waals surface area contributed by atoms with Crippen LogP contribution in [0.1, 0.15) is 29.6 Å². The maximum absolute atomic E-state index is 12.5. The van der Waals surface area contributed by atoms with E-state index in [1.807, 2.05) is 0 Å². The molecule has 1 aromatic rings. The third-order valence-corrected chi connectivity index (χ3v) is 3.97. The summed E-state index contributed by atoms with van der Waals surface area (Å²) >= 11 is 0. The fraction of sp³-hybridized carbons (Fsp3) is 0.471. The van der Waals surface area contributed by atoms with Crippen LogP contribution in [0.25, 0.3) is 0 Å². The number of hydrogen-bond acceptors (Lipinski definition) is 5. The number of nitrogens with one attached hydrogen (secondary N) is 2. The lowest BCUT2D eigenvalue weighted by Gasteiger charge is -2.15. The normalized spacial score (nSPS) is 14.6. The molecule has 0 aromatic heterocycles. The number of hydrogen-bond donors (Lipinski definition) is 2. The number of ether oxygens (including phenoxy) is 2. The van der Waals surface area contributed by atoms with Crippen molar-refractivity contribution >= 4 is 23.5 Å². The van der Waals surface area contributed by atoms with Gasteiger partial charge in [-0.1, -0.05) is 6.07 Å². The van der Waals surface area contributed by atoms with Gasteiger partial charge in [-0.3, -0.25) is 9.59 Å². The first-order valence-corrected chi connectivity index (χ1v) is 7.80. The van der Waals surface area contributed by atoms with Crippen molar-refractivity contribution in [3.63, 3.8) is 0 Å². The molecule has 7 heteroatoms. The summed E-state index contributed by atoms with van der Waals surface area (Å²) in [6.07, 6.45) is 1.73. The molecule has 0 heterocycles. The highest BCUT2D eigenvalue weighted by Gasteiger charge is 2.56. The van der Waals surface area contributed by atoms with Crippen LogP contribution in [-0.2, 0) is 19.1 Å². The molecule has 1 fully saturated rings. The van der Waals surface area contributed by atoms with E-state index in [0.717, 1.165) is 0 Å². The van der Waals surface area contributed by atoms with Gasteiger partial charge in [-0.05, 0) is 37.5 Å². The Bertz CT molecular complexity index is 625. The smallest absolute Gasteiger partial charge is 0.337 e. The molecule has 1 aliphatic carbocycles. The molecule has 2 N–H and O–H groups in total. The maximum Gasteiger partial charge on any atom is 0.337 e. The second kappa shape index (κ2) is 7.92. The topological polar surface area (TPSA) is 93.7 Å². The summed E-state index contributed by atoms with van der Waals surface area (Å²) in [5.74, 6) is -1.10. The molecule has 0 atom stereocenters. The Hall–Kier alpha value is -2.41. The summed E-state index contributed by atoms with van der Waals surface area (Å²) in [7, 11) is 2.89. The predicted octanol–water partition coefficient (Wildman–Crippen LogP) is 1.34. The standard InChI is InChI=1S/C17H22N2O5/c1-23-10-4-9-18-15(21)17(7-8-17)16(22)19-13-6-3-5-12(11-13)14(20)24-2/h3,5-6,11H,4,7-10H2,1-2H3,(H,18,21)(H,19,22). The van der Waals surface area contributed by atoms with Gasteiger partial charge in [0.15, 0.2) is 0 Å². The van der Waals surface area contributed by atoms with E-state index in [1.54, 1.807) is 25.3 Å². The molecule has 0 unspecified atom stereocenters. The minimum absolute atomic E-state index is 0.264. The Morgan fingerprint density at radius 1 is 1.17 bits per heavy atom. The Balaban J connectivity index is 1.96. The minimum Gasteiger partial charge on any atom is -0.465 e. The summed E-state index contributed by atoms with van der Waals surface area (Å²) in [6, 6.07) is 6.43. The molecule has 2 amide bonds. The minimum atomic E-state index is -1.01. The van der Waals surface area contributed by atoms with Gasteiger partial charge >= 0.3 is 5.97 Å². The molecule has 0 spiro atoms. The van der Waals surface area contributed by atoms with Crippen molar-refractivity contribution in [1.29, 1.82) is 0 Å². The molecule has 0 bridgehead atoms. The zero-order chi connectivity index (χ0) is 17.6. The SMILES string of the molecule is COCCCNC(=O)C1(C(=O)Nc2cccc(C(=O)OC)c2)CC1. The lowest BCUT2D eigenvalue weighted by atomic mass is 10.0. The van der Waals surface area contributed by atoms with E-state index in [9.17, 15) is 14.4 Å². The fourth-order valence-electron chi connectivity index (χ4n) is 2.36. The van der Waals surface area contributed by atoms with E-state index >= 15 is 0 Å². The fourth-order valence-corrected chi connectivity index (χ4v) is 2.36. The van der Waals surface area contributed by atoms with Crippen LogP contribution in [0, 0.1) is 5.41 Å². The summed E-state index contributed by atoms with van der Waals surface area (Å²) in [4.78, 5) is 36.3. The molecule has 1 aliphatic rings. The van der Waals surface area contributed by atoms with Gasteiger partial charge in [0.05, 0.1) is 12.7 Å². The first kappa shape index (κ1) is 17.9. The van der Waals surface area contributed by atoms with Crippen LogP contribution in [-0.4, -0.2) is 45.2 Å². The summed E-state index contributed by atoms with van der Waals surface area (Å²) in [5.41, 5.74) is -0.209. The molecule has 130 valence electrons. The van der Waals surface area contributed by atoms with Crippen molar-refractivity contribution < 1.29 is 23.9 Å². The van der Waals surface area contributed by atoms with Crippen molar-refractivity contribution in [2.45, 2.75) is 19.3 Å². The molecule has 24 heavy (non-hydrogen) atoms. The second-order valence-electron chi connectivity index (χ2n) is 5.71. The lowest BCUT2D eigenvalue weighted by Crippen LogP contribution is -2.40. The second-order valence-corrected chi connectivity index (χ2v) is 5.71. The largest absolute Gasteiger partial charge is 0.465 e. The maximum atomic E-state index is 12.5. The Labute approximate surface area is 140 Å².